The van der Waals surface area contributed by atoms with Crippen molar-refractivity contribution < 1.29 is 4.74 Å². The lowest BCUT2D eigenvalue weighted by Crippen LogP contribution is -2.24. The molecule has 0 bridgehead atoms. The maximum atomic E-state index is 5.41. The average molecular weight is 142 g/mol. The molecule has 1 aliphatic rings. The summed E-state index contributed by atoms with van der Waals surface area (Å²) < 4.78 is 5.41. The van der Waals surface area contributed by atoms with Crippen LogP contribution in [-0.2, 0) is 4.74 Å². The molecule has 0 fully saturated rings. The van der Waals surface area contributed by atoms with E-state index in [1.54, 1.807) is 0 Å². The molecule has 3 nitrogen and oxygen atoms in total. The van der Waals surface area contributed by atoms with Crippen LogP contribution in [0.25, 0.3) is 0 Å². The number of hydrogen-bond donors (Lipinski definition) is 0. The van der Waals surface area contributed by atoms with Gasteiger partial charge in [-0.1, -0.05) is 0 Å². The highest BCUT2D eigenvalue weighted by molar-refractivity contribution is 5.75. The second-order valence-electron chi connectivity index (χ2n) is 2.87. The summed E-state index contributed by atoms with van der Waals surface area (Å²) in [5.74, 6) is 0. The maximum Gasteiger partial charge on any atom is 0.287 e. The molecule has 58 valence electrons. The van der Waals surface area contributed by atoms with Gasteiger partial charge in [-0.05, 0) is 13.8 Å². The van der Waals surface area contributed by atoms with Crippen molar-refractivity contribution in [1.29, 1.82) is 0 Å². The van der Waals surface area contributed by atoms with E-state index in [0.717, 1.165) is 6.02 Å². The van der Waals surface area contributed by atoms with Gasteiger partial charge in [-0.25, -0.2) is 4.99 Å². The Bertz CT molecular complexity index is 154. The number of hydrogen-bond acceptors (Lipinski definition) is 3. The van der Waals surface area contributed by atoms with Gasteiger partial charge in [0, 0.05) is 14.1 Å². The van der Waals surface area contributed by atoms with Crippen molar-refractivity contribution in [3.05, 3.63) is 0 Å². The summed E-state index contributed by atoms with van der Waals surface area (Å²) in [6, 6.07) is 1.05. The number of rotatable bonds is 0. The highest BCUT2D eigenvalue weighted by Gasteiger charge is 2.23. The third kappa shape index (κ3) is 1.23. The smallest absolute Gasteiger partial charge is 0.287 e. The molecule has 0 aromatic heterocycles. The highest BCUT2D eigenvalue weighted by atomic mass is 16.5. The van der Waals surface area contributed by atoms with Crippen LogP contribution in [0.1, 0.15) is 13.8 Å². The lowest BCUT2D eigenvalue weighted by molar-refractivity contribution is 0.193. The SMILES string of the molecule is C[C@@H]1N=C(N(C)C)O[C@@H]1C. The molecule has 0 aromatic carbocycles. The molecule has 1 rings (SSSR count). The Morgan fingerprint density at radius 2 is 2.00 bits per heavy atom. The summed E-state index contributed by atoms with van der Waals surface area (Å²) in [6.45, 7) is 4.09. The van der Waals surface area contributed by atoms with Crippen molar-refractivity contribution >= 4 is 6.02 Å². The second-order valence-corrected chi connectivity index (χ2v) is 2.87. The Morgan fingerprint density at radius 3 is 2.20 bits per heavy atom. The Kier molecular flexibility index (Phi) is 1.83. The summed E-state index contributed by atoms with van der Waals surface area (Å²) in [4.78, 5) is 6.18. The van der Waals surface area contributed by atoms with Gasteiger partial charge in [0.05, 0.1) is 6.04 Å². The Labute approximate surface area is 61.7 Å². The third-order valence-corrected chi connectivity index (χ3v) is 1.67. The third-order valence-electron chi connectivity index (χ3n) is 1.67. The lowest BCUT2D eigenvalue weighted by Gasteiger charge is -2.12. The molecule has 0 saturated carbocycles. The predicted octanol–water partition coefficient (Wildman–Crippen LogP) is 0.711. The van der Waals surface area contributed by atoms with Crippen LogP contribution in [0.15, 0.2) is 4.99 Å². The quantitative estimate of drug-likeness (QED) is 0.497. The van der Waals surface area contributed by atoms with E-state index in [2.05, 4.69) is 11.9 Å². The van der Waals surface area contributed by atoms with E-state index < -0.39 is 0 Å². The fourth-order valence-corrected chi connectivity index (χ4v) is 0.795. The molecule has 2 atom stereocenters. The van der Waals surface area contributed by atoms with Gasteiger partial charge in [-0.2, -0.15) is 0 Å². The van der Waals surface area contributed by atoms with Gasteiger partial charge in [-0.3, -0.25) is 0 Å². The van der Waals surface area contributed by atoms with Gasteiger partial charge in [0.15, 0.2) is 0 Å². The second kappa shape index (κ2) is 2.48. The Balaban J connectivity index is 2.58. The molecule has 1 heterocycles. The van der Waals surface area contributed by atoms with Gasteiger partial charge < -0.3 is 9.64 Å². The van der Waals surface area contributed by atoms with Crippen LogP contribution in [-0.4, -0.2) is 37.2 Å². The number of aliphatic imine (C=N–C) groups is 1. The first kappa shape index (κ1) is 7.38. The molecular weight excluding hydrogens is 128 g/mol. The Hall–Kier alpha value is -0.730. The zero-order valence-corrected chi connectivity index (χ0v) is 6.96. The van der Waals surface area contributed by atoms with Crippen LogP contribution in [0.2, 0.25) is 0 Å². The van der Waals surface area contributed by atoms with Crippen molar-refractivity contribution in [2.75, 3.05) is 14.1 Å². The first-order valence-corrected chi connectivity index (χ1v) is 3.53. The van der Waals surface area contributed by atoms with Crippen LogP contribution in [0.3, 0.4) is 0 Å². The molecule has 0 unspecified atom stereocenters. The normalized spacial score (nSPS) is 31.4. The van der Waals surface area contributed by atoms with E-state index in [9.17, 15) is 0 Å². The summed E-state index contributed by atoms with van der Waals surface area (Å²) in [6.07, 6.45) is 0.234. The van der Waals surface area contributed by atoms with E-state index in [1.165, 1.54) is 0 Å². The van der Waals surface area contributed by atoms with Crippen molar-refractivity contribution in [3.8, 4) is 0 Å². The molecular formula is C7H14N2O. The molecule has 1 aliphatic heterocycles. The molecule has 0 saturated heterocycles. The summed E-state index contributed by atoms with van der Waals surface area (Å²) in [5.41, 5.74) is 0. The van der Waals surface area contributed by atoms with Crippen LogP contribution in [0.4, 0.5) is 0 Å². The van der Waals surface area contributed by atoms with Crippen LogP contribution in [0.5, 0.6) is 0 Å². The molecule has 3 heteroatoms. The number of ether oxygens (including phenoxy) is 1. The molecule has 0 amide bonds. The molecule has 0 spiro atoms. The first-order valence-electron chi connectivity index (χ1n) is 3.53. The van der Waals surface area contributed by atoms with Gasteiger partial charge in [0.1, 0.15) is 6.10 Å². The molecule has 0 aromatic rings. The van der Waals surface area contributed by atoms with Gasteiger partial charge in [0.25, 0.3) is 6.02 Å². The predicted molar refractivity (Wildman–Crippen MR) is 41.1 cm³/mol. The van der Waals surface area contributed by atoms with E-state index >= 15 is 0 Å². The van der Waals surface area contributed by atoms with Crippen molar-refractivity contribution in [3.63, 3.8) is 0 Å². The minimum absolute atomic E-state index is 0.234. The van der Waals surface area contributed by atoms with Crippen LogP contribution >= 0.6 is 0 Å². The summed E-state index contributed by atoms with van der Waals surface area (Å²) in [7, 11) is 3.87. The topological polar surface area (TPSA) is 24.8 Å². The van der Waals surface area contributed by atoms with Gasteiger partial charge in [-0.15, -0.1) is 0 Å². The molecule has 0 radical (unpaired) electrons. The summed E-state index contributed by atoms with van der Waals surface area (Å²) in [5, 5.41) is 0. The minimum atomic E-state index is 0.234. The van der Waals surface area contributed by atoms with Crippen molar-refractivity contribution in [1.82, 2.24) is 4.90 Å². The van der Waals surface area contributed by atoms with E-state index in [4.69, 9.17) is 4.74 Å². The van der Waals surface area contributed by atoms with Crippen LogP contribution < -0.4 is 0 Å². The van der Waals surface area contributed by atoms with Crippen molar-refractivity contribution in [2.24, 2.45) is 4.99 Å². The zero-order valence-electron chi connectivity index (χ0n) is 6.96. The van der Waals surface area contributed by atoms with E-state index in [0.29, 0.717) is 6.04 Å². The summed E-state index contributed by atoms with van der Waals surface area (Å²) >= 11 is 0. The van der Waals surface area contributed by atoms with E-state index in [1.807, 2.05) is 25.9 Å². The molecule has 10 heavy (non-hydrogen) atoms. The zero-order chi connectivity index (χ0) is 7.72. The van der Waals surface area contributed by atoms with Crippen molar-refractivity contribution in [2.45, 2.75) is 26.0 Å². The average Bonchev–Trinajstić information content (AvgIpc) is 2.13. The van der Waals surface area contributed by atoms with E-state index in [-0.39, 0.29) is 6.10 Å². The molecule has 0 N–H and O–H groups in total. The largest absolute Gasteiger partial charge is 0.460 e. The maximum absolute atomic E-state index is 5.41. The highest BCUT2D eigenvalue weighted by Crippen LogP contribution is 2.12. The molecule has 0 aliphatic carbocycles. The number of amidine groups is 1. The number of nitrogens with zero attached hydrogens (tertiary/aromatic N) is 2. The standard InChI is InChI=1S/C7H14N2O/c1-5-6(2)10-7(8-5)9(3)4/h5-6H,1-4H3/t5-,6+/m0/s1. The van der Waals surface area contributed by atoms with Gasteiger partial charge in [0.2, 0.25) is 0 Å². The first-order chi connectivity index (χ1) is 4.61. The Morgan fingerprint density at radius 1 is 1.40 bits per heavy atom. The minimum Gasteiger partial charge on any atom is -0.460 e. The lowest BCUT2D eigenvalue weighted by atomic mass is 10.2. The van der Waals surface area contributed by atoms with Gasteiger partial charge >= 0.3 is 0 Å². The monoisotopic (exact) mass is 142 g/mol. The fourth-order valence-electron chi connectivity index (χ4n) is 0.795. The fraction of sp³-hybridized carbons (Fsp3) is 0.857. The van der Waals surface area contributed by atoms with Crippen LogP contribution in [0, 0.1) is 0 Å².